The van der Waals surface area contributed by atoms with Crippen LogP contribution in [0.25, 0.3) is 0 Å². The summed E-state index contributed by atoms with van der Waals surface area (Å²) in [6, 6.07) is -1.06. The van der Waals surface area contributed by atoms with E-state index in [0.29, 0.717) is 0 Å². The molecule has 1 aliphatic heterocycles. The average molecular weight is 295 g/mol. The Kier molecular flexibility index (Phi) is 6.76. The van der Waals surface area contributed by atoms with Crippen molar-refractivity contribution < 1.29 is 39.8 Å². The molecule has 9 nitrogen and oxygen atoms in total. The molecule has 1 heterocycles. The Morgan fingerprint density at radius 2 is 2.00 bits per heavy atom. The molecule has 0 saturated carbocycles. The fraction of sp³-hybridized carbons (Fsp3) is 0.909. The van der Waals surface area contributed by atoms with Gasteiger partial charge in [-0.1, -0.05) is 0 Å². The summed E-state index contributed by atoms with van der Waals surface area (Å²) >= 11 is 0. The summed E-state index contributed by atoms with van der Waals surface area (Å²) in [6.45, 7) is -0.144. The molecule has 20 heavy (non-hydrogen) atoms. The number of ether oxygens (including phenoxy) is 2. The van der Waals surface area contributed by atoms with E-state index in [1.54, 1.807) is 0 Å². The molecule has 0 aromatic heterocycles. The topological polar surface area (TPSA) is 149 Å². The number of aliphatic hydroxyl groups excluding tert-OH is 5. The van der Waals surface area contributed by atoms with Gasteiger partial charge in [-0.3, -0.25) is 4.79 Å². The summed E-state index contributed by atoms with van der Waals surface area (Å²) in [7, 11) is 0. The molecule has 1 saturated heterocycles. The average Bonchev–Trinajstić information content (AvgIpc) is 2.42. The number of carbonyl (C=O) groups excluding carboxylic acids is 1. The third kappa shape index (κ3) is 4.35. The van der Waals surface area contributed by atoms with Gasteiger partial charge < -0.3 is 40.3 Å². The molecule has 9 heteroatoms. The molecular weight excluding hydrogens is 274 g/mol. The molecule has 1 amide bonds. The predicted molar refractivity (Wildman–Crippen MR) is 64.4 cm³/mol. The lowest BCUT2D eigenvalue weighted by Crippen LogP contribution is -2.64. The largest absolute Gasteiger partial charge is 0.394 e. The lowest BCUT2D eigenvalue weighted by atomic mass is 9.97. The number of carbonyl (C=O) groups is 1. The van der Waals surface area contributed by atoms with E-state index >= 15 is 0 Å². The van der Waals surface area contributed by atoms with Crippen LogP contribution in [-0.4, -0.2) is 88.0 Å². The first-order valence-corrected chi connectivity index (χ1v) is 6.20. The number of nitrogens with one attached hydrogen (secondary N) is 1. The molecule has 1 fully saturated rings. The normalized spacial score (nSPS) is 35.6. The molecule has 0 aromatic carbocycles. The summed E-state index contributed by atoms with van der Waals surface area (Å²) < 4.78 is 10.4. The van der Waals surface area contributed by atoms with Crippen molar-refractivity contribution in [3.63, 3.8) is 0 Å². The van der Waals surface area contributed by atoms with Gasteiger partial charge >= 0.3 is 0 Å². The van der Waals surface area contributed by atoms with Crippen LogP contribution in [0.5, 0.6) is 0 Å². The number of rotatable bonds is 6. The lowest BCUT2D eigenvalue weighted by Gasteiger charge is -2.42. The maximum absolute atomic E-state index is 11.1. The van der Waals surface area contributed by atoms with E-state index in [-0.39, 0.29) is 6.61 Å². The Hall–Kier alpha value is -0.810. The summed E-state index contributed by atoms with van der Waals surface area (Å²) in [5, 5.41) is 49.0. The predicted octanol–water partition coefficient (Wildman–Crippen LogP) is -3.70. The van der Waals surface area contributed by atoms with Gasteiger partial charge in [-0.05, 0) is 0 Å². The van der Waals surface area contributed by atoms with E-state index in [4.69, 9.17) is 19.7 Å². The Balaban J connectivity index is 2.75. The second-order valence-electron chi connectivity index (χ2n) is 4.60. The van der Waals surface area contributed by atoms with Crippen LogP contribution in [0.2, 0.25) is 0 Å². The molecule has 1 rings (SSSR count). The van der Waals surface area contributed by atoms with Gasteiger partial charge in [0.2, 0.25) is 5.91 Å². The van der Waals surface area contributed by atoms with Crippen molar-refractivity contribution in [1.29, 1.82) is 0 Å². The van der Waals surface area contributed by atoms with Crippen molar-refractivity contribution >= 4 is 5.91 Å². The second-order valence-corrected chi connectivity index (χ2v) is 4.60. The van der Waals surface area contributed by atoms with Crippen LogP contribution in [-0.2, 0) is 14.3 Å². The highest BCUT2D eigenvalue weighted by Crippen LogP contribution is 2.22. The quantitative estimate of drug-likeness (QED) is 0.293. The van der Waals surface area contributed by atoms with Crippen molar-refractivity contribution in [2.24, 2.45) is 0 Å². The Morgan fingerprint density at radius 1 is 1.35 bits per heavy atom. The summed E-state index contributed by atoms with van der Waals surface area (Å²) in [5.41, 5.74) is 0. The highest BCUT2D eigenvalue weighted by Gasteiger charge is 2.45. The van der Waals surface area contributed by atoms with Crippen LogP contribution in [0.3, 0.4) is 0 Å². The summed E-state index contributed by atoms with van der Waals surface area (Å²) in [5.74, 6) is -0.469. The third-order valence-corrected chi connectivity index (χ3v) is 2.91. The minimum atomic E-state index is -1.40. The first-order valence-electron chi connectivity index (χ1n) is 6.20. The monoisotopic (exact) mass is 295 g/mol. The van der Waals surface area contributed by atoms with Crippen molar-refractivity contribution in [1.82, 2.24) is 5.32 Å². The number of hydrogen-bond donors (Lipinski definition) is 6. The zero-order chi connectivity index (χ0) is 15.3. The van der Waals surface area contributed by atoms with Gasteiger partial charge in [-0.2, -0.15) is 0 Å². The molecule has 0 aliphatic carbocycles. The van der Waals surface area contributed by atoms with Gasteiger partial charge in [-0.15, -0.1) is 0 Å². The van der Waals surface area contributed by atoms with Crippen LogP contribution >= 0.6 is 0 Å². The highest BCUT2D eigenvalue weighted by atomic mass is 16.7. The molecular formula is C11H21NO8. The smallest absolute Gasteiger partial charge is 0.217 e. The Labute approximate surface area is 115 Å². The second kappa shape index (κ2) is 7.84. The number of amides is 1. The fourth-order valence-electron chi connectivity index (χ4n) is 1.87. The summed E-state index contributed by atoms with van der Waals surface area (Å²) in [6.07, 6.45) is -6.18. The van der Waals surface area contributed by atoms with E-state index in [1.807, 2.05) is 0 Å². The highest BCUT2D eigenvalue weighted by molar-refractivity contribution is 5.73. The molecule has 118 valence electrons. The Bertz CT molecular complexity index is 315. The van der Waals surface area contributed by atoms with Crippen LogP contribution in [0, 0.1) is 0 Å². The molecule has 0 aromatic rings. The van der Waals surface area contributed by atoms with Gasteiger partial charge in [0.05, 0.1) is 19.8 Å². The third-order valence-electron chi connectivity index (χ3n) is 2.91. The van der Waals surface area contributed by atoms with Crippen molar-refractivity contribution in [2.45, 2.75) is 43.7 Å². The minimum Gasteiger partial charge on any atom is -0.394 e. The van der Waals surface area contributed by atoms with Gasteiger partial charge in [0.25, 0.3) is 0 Å². The van der Waals surface area contributed by atoms with E-state index in [9.17, 15) is 20.1 Å². The molecule has 0 bridgehead atoms. The first-order chi connectivity index (χ1) is 9.40. The van der Waals surface area contributed by atoms with Crippen molar-refractivity contribution in [2.75, 3.05) is 19.8 Å². The van der Waals surface area contributed by atoms with Gasteiger partial charge in [0.1, 0.15) is 30.5 Å². The number of aliphatic hydroxyl groups is 5. The van der Waals surface area contributed by atoms with Crippen molar-refractivity contribution in [3.8, 4) is 0 Å². The Morgan fingerprint density at radius 3 is 2.50 bits per heavy atom. The molecule has 1 aliphatic rings. The molecule has 0 spiro atoms. The van der Waals surface area contributed by atoms with Gasteiger partial charge in [-0.25, -0.2) is 0 Å². The molecule has 0 radical (unpaired) electrons. The molecule has 6 N–H and O–H groups in total. The van der Waals surface area contributed by atoms with E-state index < -0.39 is 55.9 Å². The van der Waals surface area contributed by atoms with Gasteiger partial charge in [0, 0.05) is 6.92 Å². The summed E-state index contributed by atoms with van der Waals surface area (Å²) in [4.78, 5) is 11.1. The van der Waals surface area contributed by atoms with Crippen LogP contribution in [0.4, 0.5) is 0 Å². The standard InChI is InChI=1S/C11H21NO8/c1-5(15)12-8-10(18)9(17)7(3-14)20-11(8)19-4-6(16)2-13/h6-11,13-14,16-18H,2-4H2,1H3,(H,12,15)/t6?,7-,8-,9+,10-,11-/m1/s1. The maximum atomic E-state index is 11.1. The van der Waals surface area contributed by atoms with E-state index in [1.165, 1.54) is 6.92 Å². The zero-order valence-corrected chi connectivity index (χ0v) is 11.0. The van der Waals surface area contributed by atoms with Crippen LogP contribution in [0.15, 0.2) is 0 Å². The van der Waals surface area contributed by atoms with Crippen LogP contribution in [0.1, 0.15) is 6.92 Å². The SMILES string of the molecule is CC(=O)N[C@H]1[C@H](OCC(O)CO)O[C@H](CO)[C@H](O)[C@@H]1O. The van der Waals surface area contributed by atoms with Crippen LogP contribution < -0.4 is 5.32 Å². The first kappa shape index (κ1) is 17.2. The zero-order valence-electron chi connectivity index (χ0n) is 11.0. The molecule has 1 unspecified atom stereocenters. The van der Waals surface area contributed by atoms with Crippen molar-refractivity contribution in [3.05, 3.63) is 0 Å². The van der Waals surface area contributed by atoms with E-state index in [2.05, 4.69) is 5.32 Å². The fourth-order valence-corrected chi connectivity index (χ4v) is 1.87. The molecule has 6 atom stereocenters. The maximum Gasteiger partial charge on any atom is 0.217 e. The lowest BCUT2D eigenvalue weighted by molar-refractivity contribution is -0.275. The number of hydrogen-bond acceptors (Lipinski definition) is 8. The minimum absolute atomic E-state index is 0.293. The van der Waals surface area contributed by atoms with E-state index in [0.717, 1.165) is 0 Å². The van der Waals surface area contributed by atoms with Gasteiger partial charge in [0.15, 0.2) is 6.29 Å².